The minimum atomic E-state index is 0.0562. The van der Waals surface area contributed by atoms with Gasteiger partial charge in [-0.1, -0.05) is 6.07 Å². The third kappa shape index (κ3) is 3.80. The second-order valence-electron chi connectivity index (χ2n) is 7.21. The Bertz CT molecular complexity index is 865. The lowest BCUT2D eigenvalue weighted by atomic mass is 9.82. The van der Waals surface area contributed by atoms with Crippen LogP contribution in [-0.4, -0.2) is 49.2 Å². The number of benzene rings is 1. The predicted molar refractivity (Wildman–Crippen MR) is 104 cm³/mol. The molecule has 1 aromatic carbocycles. The molecule has 1 fully saturated rings. The molecule has 148 valence electrons. The maximum atomic E-state index is 12.6. The van der Waals surface area contributed by atoms with Gasteiger partial charge in [-0.2, -0.15) is 0 Å². The molecule has 1 aliphatic carbocycles. The number of fused-ring (bicyclic) bond motifs is 1. The van der Waals surface area contributed by atoms with E-state index < -0.39 is 0 Å². The highest BCUT2D eigenvalue weighted by molar-refractivity contribution is 5.98. The van der Waals surface area contributed by atoms with Crippen LogP contribution < -0.4 is 14.8 Å². The van der Waals surface area contributed by atoms with Gasteiger partial charge in [0.05, 0.1) is 31.6 Å². The molecule has 0 amide bonds. The first-order valence-electron chi connectivity index (χ1n) is 9.64. The normalized spacial score (nSPS) is 21.3. The molecule has 28 heavy (non-hydrogen) atoms. The summed E-state index contributed by atoms with van der Waals surface area (Å²) in [6.45, 7) is 1.50. The van der Waals surface area contributed by atoms with Crippen molar-refractivity contribution >= 4 is 11.7 Å². The maximum absolute atomic E-state index is 12.6. The molecule has 1 saturated heterocycles. The summed E-state index contributed by atoms with van der Waals surface area (Å²) in [6, 6.07) is 5.81. The number of carbonyl (C=O) groups excluding carboxylic acids is 1. The van der Waals surface area contributed by atoms with Crippen LogP contribution >= 0.6 is 0 Å². The molecule has 7 nitrogen and oxygen atoms in total. The number of Topliss-reactive ketones (excluding diaryl/α,β-unsaturated/α-hetero) is 1. The van der Waals surface area contributed by atoms with Crippen LogP contribution in [0, 0.1) is 0 Å². The zero-order valence-corrected chi connectivity index (χ0v) is 16.2. The summed E-state index contributed by atoms with van der Waals surface area (Å²) in [4.78, 5) is 21.6. The lowest BCUT2D eigenvalue weighted by Crippen LogP contribution is -2.23. The van der Waals surface area contributed by atoms with Gasteiger partial charge in [0.2, 0.25) is 5.95 Å². The van der Waals surface area contributed by atoms with Crippen molar-refractivity contribution in [1.29, 1.82) is 0 Å². The standard InChI is InChI=1S/C21H25N3O4/c1-26-19-6-5-13(10-20(19)27-2)14-8-17-16(18(25)9-14)12-23-21(24-17)22-11-15-4-3-7-28-15/h5-6,10,12,14-15H,3-4,7-9,11H2,1-2H3,(H,22,23,24). The van der Waals surface area contributed by atoms with Gasteiger partial charge >= 0.3 is 0 Å². The van der Waals surface area contributed by atoms with Crippen molar-refractivity contribution in [2.75, 3.05) is 32.7 Å². The Labute approximate surface area is 164 Å². The summed E-state index contributed by atoms with van der Waals surface area (Å²) in [5, 5.41) is 3.24. The molecule has 4 rings (SSSR count). The highest BCUT2D eigenvalue weighted by Gasteiger charge is 2.29. The van der Waals surface area contributed by atoms with Crippen molar-refractivity contribution in [3.63, 3.8) is 0 Å². The van der Waals surface area contributed by atoms with Crippen LogP contribution in [-0.2, 0) is 11.2 Å². The van der Waals surface area contributed by atoms with Gasteiger partial charge in [-0.05, 0) is 42.9 Å². The average molecular weight is 383 g/mol. The van der Waals surface area contributed by atoms with Gasteiger partial charge < -0.3 is 19.5 Å². The van der Waals surface area contributed by atoms with Crippen LogP contribution in [0.3, 0.4) is 0 Å². The Hall–Kier alpha value is -2.67. The van der Waals surface area contributed by atoms with E-state index in [1.54, 1.807) is 20.4 Å². The van der Waals surface area contributed by atoms with Gasteiger partial charge in [0, 0.05) is 25.8 Å². The van der Waals surface area contributed by atoms with E-state index in [0.29, 0.717) is 42.4 Å². The van der Waals surface area contributed by atoms with Gasteiger partial charge in [-0.25, -0.2) is 9.97 Å². The van der Waals surface area contributed by atoms with Gasteiger partial charge in [0.15, 0.2) is 17.3 Å². The molecule has 2 aliphatic rings. The van der Waals surface area contributed by atoms with E-state index in [4.69, 9.17) is 14.2 Å². The Morgan fingerprint density at radius 3 is 2.82 bits per heavy atom. The number of methoxy groups -OCH3 is 2. The molecule has 0 spiro atoms. The first-order valence-corrected chi connectivity index (χ1v) is 9.64. The van der Waals surface area contributed by atoms with Gasteiger partial charge in [-0.15, -0.1) is 0 Å². The smallest absolute Gasteiger partial charge is 0.222 e. The largest absolute Gasteiger partial charge is 0.493 e. The number of anilines is 1. The number of ether oxygens (including phenoxy) is 3. The van der Waals surface area contributed by atoms with Crippen LogP contribution in [0.1, 0.15) is 46.8 Å². The van der Waals surface area contributed by atoms with E-state index in [2.05, 4.69) is 15.3 Å². The number of nitrogens with one attached hydrogen (secondary N) is 1. The molecule has 0 saturated carbocycles. The molecule has 2 heterocycles. The summed E-state index contributed by atoms with van der Waals surface area (Å²) < 4.78 is 16.3. The zero-order chi connectivity index (χ0) is 19.5. The summed E-state index contributed by atoms with van der Waals surface area (Å²) in [6.07, 6.45) is 5.13. The summed E-state index contributed by atoms with van der Waals surface area (Å²) in [7, 11) is 3.22. The first kappa shape index (κ1) is 18.7. The number of ketones is 1. The fourth-order valence-corrected chi connectivity index (χ4v) is 3.88. The molecule has 0 bridgehead atoms. The minimum absolute atomic E-state index is 0.0562. The summed E-state index contributed by atoms with van der Waals surface area (Å²) >= 11 is 0. The number of rotatable bonds is 6. The van der Waals surface area contributed by atoms with E-state index in [-0.39, 0.29) is 17.8 Å². The first-order chi connectivity index (χ1) is 13.7. The Kier molecular flexibility index (Phi) is 5.43. The SMILES string of the molecule is COc1ccc(C2CC(=O)c3cnc(NCC4CCCO4)nc3C2)cc1OC. The summed E-state index contributed by atoms with van der Waals surface area (Å²) in [5.41, 5.74) is 2.46. The number of aromatic nitrogens is 2. The van der Waals surface area contributed by atoms with Gasteiger partial charge in [-0.3, -0.25) is 4.79 Å². The lowest BCUT2D eigenvalue weighted by Gasteiger charge is -2.24. The third-order valence-electron chi connectivity index (χ3n) is 5.43. The number of carbonyl (C=O) groups is 1. The van der Waals surface area contributed by atoms with E-state index in [9.17, 15) is 4.79 Å². The topological polar surface area (TPSA) is 82.6 Å². The fourth-order valence-electron chi connectivity index (χ4n) is 3.88. The van der Waals surface area contributed by atoms with Crippen LogP contribution in [0.25, 0.3) is 0 Å². The Morgan fingerprint density at radius 1 is 1.21 bits per heavy atom. The Balaban J connectivity index is 1.53. The molecule has 7 heteroatoms. The zero-order valence-electron chi connectivity index (χ0n) is 16.2. The third-order valence-corrected chi connectivity index (χ3v) is 5.43. The Morgan fingerprint density at radius 2 is 2.07 bits per heavy atom. The molecule has 1 aliphatic heterocycles. The van der Waals surface area contributed by atoms with E-state index >= 15 is 0 Å². The van der Waals surface area contributed by atoms with Crippen molar-refractivity contribution < 1.29 is 19.0 Å². The van der Waals surface area contributed by atoms with Crippen molar-refractivity contribution in [2.24, 2.45) is 0 Å². The monoisotopic (exact) mass is 383 g/mol. The van der Waals surface area contributed by atoms with Crippen molar-refractivity contribution in [1.82, 2.24) is 9.97 Å². The average Bonchev–Trinajstić information content (AvgIpc) is 3.25. The van der Waals surface area contributed by atoms with Crippen molar-refractivity contribution in [3.05, 3.63) is 41.2 Å². The second kappa shape index (κ2) is 8.14. The van der Waals surface area contributed by atoms with Gasteiger partial charge in [0.1, 0.15) is 0 Å². The molecule has 0 radical (unpaired) electrons. The quantitative estimate of drug-likeness (QED) is 0.821. The molecular formula is C21H25N3O4. The molecular weight excluding hydrogens is 358 g/mol. The summed E-state index contributed by atoms with van der Waals surface area (Å²) in [5.74, 6) is 2.03. The van der Waals surface area contributed by atoms with Crippen LogP contribution in [0.15, 0.2) is 24.4 Å². The molecule has 1 aromatic heterocycles. The maximum Gasteiger partial charge on any atom is 0.222 e. The van der Waals surface area contributed by atoms with Crippen LogP contribution in [0.4, 0.5) is 5.95 Å². The number of hydrogen-bond acceptors (Lipinski definition) is 7. The molecule has 2 atom stereocenters. The molecule has 1 N–H and O–H groups in total. The fraction of sp³-hybridized carbons (Fsp3) is 0.476. The van der Waals surface area contributed by atoms with E-state index in [1.165, 1.54) is 0 Å². The molecule has 2 aromatic rings. The minimum Gasteiger partial charge on any atom is -0.493 e. The highest BCUT2D eigenvalue weighted by Crippen LogP contribution is 2.36. The molecule has 2 unspecified atom stereocenters. The van der Waals surface area contributed by atoms with Gasteiger partial charge in [0.25, 0.3) is 0 Å². The highest BCUT2D eigenvalue weighted by atomic mass is 16.5. The van der Waals surface area contributed by atoms with Crippen molar-refractivity contribution in [3.8, 4) is 11.5 Å². The van der Waals surface area contributed by atoms with Crippen LogP contribution in [0.5, 0.6) is 11.5 Å². The van der Waals surface area contributed by atoms with Crippen LogP contribution in [0.2, 0.25) is 0 Å². The van der Waals surface area contributed by atoms with E-state index in [1.807, 2.05) is 18.2 Å². The number of nitrogens with zero attached hydrogens (tertiary/aromatic N) is 2. The predicted octanol–water partition coefficient (Wildman–Crippen LogP) is 3.00. The lowest BCUT2D eigenvalue weighted by molar-refractivity contribution is 0.0962. The second-order valence-corrected chi connectivity index (χ2v) is 7.21. The van der Waals surface area contributed by atoms with Crippen molar-refractivity contribution in [2.45, 2.75) is 37.7 Å². The number of hydrogen-bond donors (Lipinski definition) is 1. The van der Waals surface area contributed by atoms with E-state index in [0.717, 1.165) is 30.7 Å².